The highest BCUT2D eigenvalue weighted by atomic mass is 79.9. The van der Waals surface area contributed by atoms with E-state index in [0.717, 1.165) is 11.4 Å². The number of nitrogens with zero attached hydrogens (tertiary/aromatic N) is 1. The Morgan fingerprint density at radius 3 is 2.86 bits per heavy atom. The van der Waals surface area contributed by atoms with Crippen molar-refractivity contribution >= 4 is 21.8 Å². The monoisotopic (exact) mass is 350 g/mol. The van der Waals surface area contributed by atoms with Crippen molar-refractivity contribution in [2.24, 2.45) is 0 Å². The molecule has 0 saturated carbocycles. The number of amides is 1. The van der Waals surface area contributed by atoms with Gasteiger partial charge >= 0.3 is 0 Å². The van der Waals surface area contributed by atoms with Crippen LogP contribution in [0.2, 0.25) is 0 Å². The molecule has 0 aliphatic carbocycles. The predicted octanol–water partition coefficient (Wildman–Crippen LogP) is 3.54. The van der Waals surface area contributed by atoms with Gasteiger partial charge in [-0.2, -0.15) is 0 Å². The summed E-state index contributed by atoms with van der Waals surface area (Å²) in [7, 11) is 0. The van der Waals surface area contributed by atoms with E-state index in [-0.39, 0.29) is 18.1 Å². The van der Waals surface area contributed by atoms with Crippen LogP contribution in [0.1, 0.15) is 23.4 Å². The number of aromatic nitrogens is 1. The van der Waals surface area contributed by atoms with Gasteiger partial charge in [0, 0.05) is 16.6 Å². The van der Waals surface area contributed by atoms with Crippen molar-refractivity contribution in [2.45, 2.75) is 26.3 Å². The first-order chi connectivity index (χ1) is 10.0. The maximum absolute atomic E-state index is 13.6. The van der Waals surface area contributed by atoms with E-state index in [1.165, 1.54) is 6.07 Å². The molecule has 1 N–H and O–H groups in total. The Bertz CT molecular complexity index is 646. The van der Waals surface area contributed by atoms with Crippen LogP contribution >= 0.6 is 15.9 Å². The lowest BCUT2D eigenvalue weighted by molar-refractivity contribution is -0.121. The quantitative estimate of drug-likeness (QED) is 0.895. The third-order valence-corrected chi connectivity index (χ3v) is 3.54. The van der Waals surface area contributed by atoms with Gasteiger partial charge in [0.25, 0.3) is 0 Å². The van der Waals surface area contributed by atoms with Gasteiger partial charge in [0.1, 0.15) is 5.82 Å². The molecule has 5 heteroatoms. The molecule has 0 bridgehead atoms. The Hall–Kier alpha value is -1.75. The maximum Gasteiger partial charge on any atom is 0.220 e. The third-order valence-electron chi connectivity index (χ3n) is 3.05. The zero-order valence-electron chi connectivity index (χ0n) is 11.7. The van der Waals surface area contributed by atoms with Gasteiger partial charge in [-0.3, -0.25) is 9.78 Å². The van der Waals surface area contributed by atoms with Gasteiger partial charge in [0.05, 0.1) is 12.2 Å². The zero-order valence-corrected chi connectivity index (χ0v) is 13.3. The van der Waals surface area contributed by atoms with Crippen LogP contribution in [0.15, 0.2) is 40.9 Å². The average Bonchev–Trinajstić information content (AvgIpc) is 2.44. The maximum atomic E-state index is 13.6. The van der Waals surface area contributed by atoms with Crippen LogP contribution in [0.4, 0.5) is 4.39 Å². The van der Waals surface area contributed by atoms with E-state index in [2.05, 4.69) is 26.2 Å². The van der Waals surface area contributed by atoms with Gasteiger partial charge in [-0.05, 0) is 43.2 Å². The van der Waals surface area contributed by atoms with Crippen LogP contribution in [0.5, 0.6) is 0 Å². The molecule has 0 fully saturated rings. The summed E-state index contributed by atoms with van der Waals surface area (Å²) >= 11 is 3.21. The molecule has 2 rings (SSSR count). The third kappa shape index (κ3) is 4.93. The second-order valence-electron chi connectivity index (χ2n) is 4.78. The van der Waals surface area contributed by atoms with E-state index < -0.39 is 0 Å². The molecule has 2 aromatic rings. The minimum atomic E-state index is -0.294. The lowest BCUT2D eigenvalue weighted by Crippen LogP contribution is -2.23. The Balaban J connectivity index is 1.82. The highest BCUT2D eigenvalue weighted by Gasteiger charge is 2.07. The molecule has 0 aliphatic rings. The Labute approximate surface area is 131 Å². The largest absolute Gasteiger partial charge is 0.350 e. The van der Waals surface area contributed by atoms with Crippen molar-refractivity contribution in [3.8, 4) is 0 Å². The van der Waals surface area contributed by atoms with Crippen molar-refractivity contribution in [1.29, 1.82) is 0 Å². The predicted molar refractivity (Wildman–Crippen MR) is 83.2 cm³/mol. The number of carbonyl (C=O) groups excluding carboxylic acids is 1. The first kappa shape index (κ1) is 15.6. The lowest BCUT2D eigenvalue weighted by Gasteiger charge is -2.06. The van der Waals surface area contributed by atoms with Crippen molar-refractivity contribution < 1.29 is 9.18 Å². The Morgan fingerprint density at radius 1 is 1.33 bits per heavy atom. The van der Waals surface area contributed by atoms with E-state index in [0.29, 0.717) is 23.0 Å². The summed E-state index contributed by atoms with van der Waals surface area (Å²) in [4.78, 5) is 16.1. The average molecular weight is 351 g/mol. The summed E-state index contributed by atoms with van der Waals surface area (Å²) in [5.74, 6) is -0.404. The van der Waals surface area contributed by atoms with Crippen LogP contribution in [0.3, 0.4) is 0 Å². The smallest absolute Gasteiger partial charge is 0.220 e. The molecule has 21 heavy (non-hydrogen) atoms. The molecular weight excluding hydrogens is 335 g/mol. The van der Waals surface area contributed by atoms with E-state index in [9.17, 15) is 9.18 Å². The second-order valence-corrected chi connectivity index (χ2v) is 5.70. The van der Waals surface area contributed by atoms with Crippen molar-refractivity contribution in [3.05, 3.63) is 63.6 Å². The molecule has 1 amide bonds. The first-order valence-electron chi connectivity index (χ1n) is 6.68. The van der Waals surface area contributed by atoms with Crippen LogP contribution < -0.4 is 5.32 Å². The normalized spacial score (nSPS) is 10.4. The number of benzene rings is 1. The molecule has 0 spiro atoms. The fourth-order valence-electron chi connectivity index (χ4n) is 1.95. The van der Waals surface area contributed by atoms with E-state index in [1.54, 1.807) is 12.1 Å². The molecule has 0 aliphatic heterocycles. The molecular formula is C16H16BrFN2O. The molecule has 1 aromatic heterocycles. The van der Waals surface area contributed by atoms with Gasteiger partial charge < -0.3 is 5.32 Å². The van der Waals surface area contributed by atoms with Gasteiger partial charge in [-0.25, -0.2) is 4.39 Å². The Morgan fingerprint density at radius 2 is 2.14 bits per heavy atom. The molecule has 0 unspecified atom stereocenters. The number of rotatable bonds is 5. The van der Waals surface area contributed by atoms with Crippen LogP contribution in [-0.4, -0.2) is 10.9 Å². The number of pyridine rings is 1. The summed E-state index contributed by atoms with van der Waals surface area (Å²) < 4.78 is 14.3. The van der Waals surface area contributed by atoms with Crippen LogP contribution in [0, 0.1) is 12.7 Å². The fourth-order valence-corrected chi connectivity index (χ4v) is 2.28. The lowest BCUT2D eigenvalue weighted by atomic mass is 10.1. The SMILES string of the molecule is Cc1cccc(CNC(=O)CCc2ccc(Br)cc2F)n1. The molecule has 3 nitrogen and oxygen atoms in total. The van der Waals surface area contributed by atoms with E-state index in [1.807, 2.05) is 25.1 Å². The van der Waals surface area contributed by atoms with Gasteiger partial charge in [-0.15, -0.1) is 0 Å². The minimum absolute atomic E-state index is 0.111. The Kier molecular flexibility index (Phi) is 5.44. The highest BCUT2D eigenvalue weighted by Crippen LogP contribution is 2.16. The summed E-state index contributed by atoms with van der Waals surface area (Å²) in [5.41, 5.74) is 2.28. The van der Waals surface area contributed by atoms with Crippen molar-refractivity contribution in [1.82, 2.24) is 10.3 Å². The van der Waals surface area contributed by atoms with E-state index >= 15 is 0 Å². The molecule has 110 valence electrons. The van der Waals surface area contributed by atoms with Crippen LogP contribution in [-0.2, 0) is 17.8 Å². The molecule has 1 heterocycles. The van der Waals surface area contributed by atoms with Gasteiger partial charge in [0.2, 0.25) is 5.91 Å². The number of hydrogen-bond donors (Lipinski definition) is 1. The van der Waals surface area contributed by atoms with Crippen molar-refractivity contribution in [3.63, 3.8) is 0 Å². The number of nitrogens with one attached hydrogen (secondary N) is 1. The highest BCUT2D eigenvalue weighted by molar-refractivity contribution is 9.10. The molecule has 0 saturated heterocycles. The van der Waals surface area contributed by atoms with Gasteiger partial charge in [-0.1, -0.05) is 28.1 Å². The second kappa shape index (κ2) is 7.31. The topological polar surface area (TPSA) is 42.0 Å². The molecule has 0 radical (unpaired) electrons. The number of aryl methyl sites for hydroxylation is 2. The molecule has 0 atom stereocenters. The zero-order chi connectivity index (χ0) is 15.2. The number of halogens is 2. The van der Waals surface area contributed by atoms with E-state index in [4.69, 9.17) is 0 Å². The number of hydrogen-bond acceptors (Lipinski definition) is 2. The summed E-state index contributed by atoms with van der Waals surface area (Å²) in [5, 5.41) is 2.79. The number of carbonyl (C=O) groups is 1. The molecule has 1 aromatic carbocycles. The van der Waals surface area contributed by atoms with Gasteiger partial charge in [0.15, 0.2) is 0 Å². The van der Waals surface area contributed by atoms with Crippen molar-refractivity contribution in [2.75, 3.05) is 0 Å². The first-order valence-corrected chi connectivity index (χ1v) is 7.47. The van der Waals surface area contributed by atoms with Crippen LogP contribution in [0.25, 0.3) is 0 Å². The minimum Gasteiger partial charge on any atom is -0.350 e. The fraction of sp³-hybridized carbons (Fsp3) is 0.250. The standard InChI is InChI=1S/C16H16BrFN2O/c1-11-3-2-4-14(20-11)10-19-16(21)8-6-12-5-7-13(17)9-15(12)18/h2-5,7,9H,6,8,10H2,1H3,(H,19,21). The summed E-state index contributed by atoms with van der Waals surface area (Å²) in [6.07, 6.45) is 0.635. The summed E-state index contributed by atoms with van der Waals surface area (Å²) in [6.45, 7) is 2.30. The summed E-state index contributed by atoms with van der Waals surface area (Å²) in [6, 6.07) is 10.5.